The van der Waals surface area contributed by atoms with E-state index in [2.05, 4.69) is 5.32 Å². The Kier molecular flexibility index (Phi) is 4.16. The van der Waals surface area contributed by atoms with Gasteiger partial charge in [0.15, 0.2) is 11.6 Å². The minimum Gasteiger partial charge on any atom is -0.392 e. The predicted octanol–water partition coefficient (Wildman–Crippen LogP) is 2.35. The van der Waals surface area contributed by atoms with E-state index in [1.807, 2.05) is 0 Å². The van der Waals surface area contributed by atoms with E-state index in [1.165, 1.54) is 0 Å². The third-order valence-electron chi connectivity index (χ3n) is 2.87. The van der Waals surface area contributed by atoms with Gasteiger partial charge in [-0.25, -0.2) is 13.2 Å². The van der Waals surface area contributed by atoms with Crippen molar-refractivity contribution in [3.8, 4) is 0 Å². The molecule has 2 N–H and O–H groups in total. The topological polar surface area (TPSA) is 32.3 Å². The van der Waals surface area contributed by atoms with E-state index in [4.69, 9.17) is 0 Å². The smallest absolute Gasteiger partial charge is 0.161 e. The maximum Gasteiger partial charge on any atom is 0.161 e. The fraction of sp³-hybridized carbons (Fsp3) is 0.500. The highest BCUT2D eigenvalue weighted by Crippen LogP contribution is 2.15. The van der Waals surface area contributed by atoms with E-state index < -0.39 is 29.1 Å². The van der Waals surface area contributed by atoms with Crippen LogP contribution in [-0.2, 0) is 6.54 Å². The molecule has 0 saturated carbocycles. The van der Waals surface area contributed by atoms with Crippen molar-refractivity contribution < 1.29 is 18.3 Å². The third-order valence-corrected chi connectivity index (χ3v) is 2.87. The Morgan fingerprint density at radius 1 is 1.18 bits per heavy atom. The van der Waals surface area contributed by atoms with Gasteiger partial charge in [-0.1, -0.05) is 0 Å². The van der Waals surface area contributed by atoms with E-state index in [0.29, 0.717) is 6.07 Å². The first-order valence-corrected chi connectivity index (χ1v) is 5.30. The fourth-order valence-corrected chi connectivity index (χ4v) is 1.17. The first-order chi connectivity index (χ1) is 7.74. The number of hydrogen-bond acceptors (Lipinski definition) is 2. The second-order valence-corrected chi connectivity index (χ2v) is 4.61. The number of rotatable bonds is 4. The highest BCUT2D eigenvalue weighted by molar-refractivity contribution is 5.20. The van der Waals surface area contributed by atoms with Crippen molar-refractivity contribution in [3.63, 3.8) is 0 Å². The molecule has 0 bridgehead atoms. The second-order valence-electron chi connectivity index (χ2n) is 4.61. The molecule has 5 heteroatoms. The molecule has 0 fully saturated rings. The van der Waals surface area contributed by atoms with Gasteiger partial charge in [0.1, 0.15) is 5.82 Å². The molecule has 0 aromatic heterocycles. The van der Waals surface area contributed by atoms with Crippen molar-refractivity contribution in [2.75, 3.05) is 0 Å². The Balaban J connectivity index is 2.80. The van der Waals surface area contributed by atoms with Crippen molar-refractivity contribution >= 4 is 0 Å². The van der Waals surface area contributed by atoms with Gasteiger partial charge in [0, 0.05) is 23.7 Å². The summed E-state index contributed by atoms with van der Waals surface area (Å²) in [6.45, 7) is 5.07. The predicted molar refractivity (Wildman–Crippen MR) is 58.9 cm³/mol. The number of aliphatic hydroxyl groups is 1. The molecule has 0 spiro atoms. The van der Waals surface area contributed by atoms with Crippen LogP contribution in [0.15, 0.2) is 12.1 Å². The SMILES string of the molecule is CC(O)C(C)(C)NCc1cc(F)c(F)cc1F. The quantitative estimate of drug-likeness (QED) is 0.800. The number of nitrogens with one attached hydrogen (secondary N) is 1. The Labute approximate surface area is 98.5 Å². The lowest BCUT2D eigenvalue weighted by Crippen LogP contribution is -2.47. The molecule has 1 atom stereocenters. The van der Waals surface area contributed by atoms with Gasteiger partial charge in [-0.3, -0.25) is 0 Å². The third kappa shape index (κ3) is 3.44. The van der Waals surface area contributed by atoms with E-state index in [9.17, 15) is 18.3 Å². The van der Waals surface area contributed by atoms with Crippen LogP contribution < -0.4 is 5.32 Å². The van der Waals surface area contributed by atoms with Crippen molar-refractivity contribution in [1.29, 1.82) is 0 Å². The molecule has 0 aliphatic rings. The molecule has 2 nitrogen and oxygen atoms in total. The summed E-state index contributed by atoms with van der Waals surface area (Å²) < 4.78 is 38.9. The van der Waals surface area contributed by atoms with E-state index in [1.54, 1.807) is 20.8 Å². The van der Waals surface area contributed by atoms with Crippen LogP contribution in [0.5, 0.6) is 0 Å². The summed E-state index contributed by atoms with van der Waals surface area (Å²) in [5.74, 6) is -3.10. The first kappa shape index (κ1) is 14.0. The van der Waals surface area contributed by atoms with E-state index in [-0.39, 0.29) is 12.1 Å². The van der Waals surface area contributed by atoms with Gasteiger partial charge in [-0.15, -0.1) is 0 Å². The molecule has 0 aliphatic heterocycles. The number of benzene rings is 1. The Bertz CT molecular complexity index is 405. The normalized spacial score (nSPS) is 13.8. The zero-order valence-electron chi connectivity index (χ0n) is 10.0. The lowest BCUT2D eigenvalue weighted by Gasteiger charge is -2.29. The minimum absolute atomic E-state index is 0.0148. The maximum atomic E-state index is 13.3. The lowest BCUT2D eigenvalue weighted by molar-refractivity contribution is 0.0954. The summed E-state index contributed by atoms with van der Waals surface area (Å²) in [7, 11) is 0. The standard InChI is InChI=1S/C12H16F3NO/c1-7(17)12(2,3)16-6-8-4-10(14)11(15)5-9(8)13/h4-5,7,16-17H,6H2,1-3H3. The molecule has 1 aromatic rings. The summed E-state index contributed by atoms with van der Waals surface area (Å²) in [5, 5.41) is 12.3. The Hall–Kier alpha value is -1.07. The number of hydrogen-bond donors (Lipinski definition) is 2. The number of halogens is 3. The van der Waals surface area contributed by atoms with Crippen LogP contribution in [0.25, 0.3) is 0 Å². The molecular weight excluding hydrogens is 231 g/mol. The van der Waals surface area contributed by atoms with E-state index >= 15 is 0 Å². The molecule has 0 aliphatic carbocycles. The molecular formula is C12H16F3NO. The highest BCUT2D eigenvalue weighted by atomic mass is 19.2. The van der Waals surface area contributed by atoms with Crippen molar-refractivity contribution in [1.82, 2.24) is 5.32 Å². The van der Waals surface area contributed by atoms with E-state index in [0.717, 1.165) is 6.07 Å². The summed E-state index contributed by atoms with van der Waals surface area (Å²) in [4.78, 5) is 0. The molecule has 1 unspecified atom stereocenters. The maximum absolute atomic E-state index is 13.3. The second kappa shape index (κ2) is 5.06. The van der Waals surface area contributed by atoms with Crippen molar-refractivity contribution in [2.24, 2.45) is 0 Å². The molecule has 0 saturated heterocycles. The van der Waals surface area contributed by atoms with Crippen LogP contribution in [0.1, 0.15) is 26.3 Å². The summed E-state index contributed by atoms with van der Waals surface area (Å²) in [6, 6.07) is 1.33. The molecule has 17 heavy (non-hydrogen) atoms. The zero-order valence-corrected chi connectivity index (χ0v) is 10.0. The average Bonchev–Trinajstić information content (AvgIpc) is 2.21. The van der Waals surface area contributed by atoms with Gasteiger partial charge >= 0.3 is 0 Å². The first-order valence-electron chi connectivity index (χ1n) is 5.30. The molecule has 1 rings (SSSR count). The van der Waals surface area contributed by atoms with Gasteiger partial charge in [0.25, 0.3) is 0 Å². The summed E-state index contributed by atoms with van der Waals surface area (Å²) in [5.41, 5.74) is -0.616. The summed E-state index contributed by atoms with van der Waals surface area (Å²) in [6.07, 6.45) is -0.657. The molecule has 0 radical (unpaired) electrons. The highest BCUT2D eigenvalue weighted by Gasteiger charge is 2.23. The molecule has 1 aromatic carbocycles. The molecule has 0 heterocycles. The largest absolute Gasteiger partial charge is 0.392 e. The van der Waals surface area contributed by atoms with Gasteiger partial charge in [-0.05, 0) is 26.8 Å². The van der Waals surface area contributed by atoms with Crippen molar-refractivity contribution in [2.45, 2.75) is 39.0 Å². The van der Waals surface area contributed by atoms with Crippen molar-refractivity contribution in [3.05, 3.63) is 35.1 Å². The Morgan fingerprint density at radius 3 is 2.24 bits per heavy atom. The van der Waals surface area contributed by atoms with Gasteiger partial charge in [0.05, 0.1) is 6.10 Å². The van der Waals surface area contributed by atoms with Gasteiger partial charge < -0.3 is 10.4 Å². The van der Waals surface area contributed by atoms with Crippen LogP contribution in [0.4, 0.5) is 13.2 Å². The van der Waals surface area contributed by atoms with Crippen LogP contribution in [0.3, 0.4) is 0 Å². The zero-order chi connectivity index (χ0) is 13.2. The fourth-order valence-electron chi connectivity index (χ4n) is 1.17. The Morgan fingerprint density at radius 2 is 1.71 bits per heavy atom. The molecule has 0 amide bonds. The van der Waals surface area contributed by atoms with Gasteiger partial charge in [0.2, 0.25) is 0 Å². The average molecular weight is 247 g/mol. The monoisotopic (exact) mass is 247 g/mol. The number of aliphatic hydroxyl groups excluding tert-OH is 1. The van der Waals surface area contributed by atoms with Crippen LogP contribution in [0, 0.1) is 17.5 Å². The van der Waals surface area contributed by atoms with Crippen LogP contribution in [0.2, 0.25) is 0 Å². The minimum atomic E-state index is -1.21. The summed E-state index contributed by atoms with van der Waals surface area (Å²) >= 11 is 0. The molecule has 96 valence electrons. The lowest BCUT2D eigenvalue weighted by atomic mass is 9.98. The van der Waals surface area contributed by atoms with Crippen LogP contribution >= 0.6 is 0 Å². The van der Waals surface area contributed by atoms with Gasteiger partial charge in [-0.2, -0.15) is 0 Å². The van der Waals surface area contributed by atoms with Crippen LogP contribution in [-0.4, -0.2) is 16.7 Å².